The summed E-state index contributed by atoms with van der Waals surface area (Å²) in [5, 5.41) is 10.5. The summed E-state index contributed by atoms with van der Waals surface area (Å²) < 4.78 is 4.75. The van der Waals surface area contributed by atoms with Crippen molar-refractivity contribution in [3.63, 3.8) is 0 Å². The third-order valence-corrected chi connectivity index (χ3v) is 5.84. The lowest BCUT2D eigenvalue weighted by molar-refractivity contribution is -0.144. The van der Waals surface area contributed by atoms with E-state index in [1.54, 1.807) is 53.9 Å². The van der Waals surface area contributed by atoms with Gasteiger partial charge in [0.25, 0.3) is 5.91 Å². The Balaban J connectivity index is 1.63. The molecule has 1 atom stereocenters. The summed E-state index contributed by atoms with van der Waals surface area (Å²) >= 11 is 7.23. The smallest absolute Gasteiger partial charge is 0.328 e. The molecule has 3 aromatic rings. The Bertz CT molecular complexity index is 1150. The molecule has 0 fully saturated rings. The van der Waals surface area contributed by atoms with Crippen LogP contribution in [-0.4, -0.2) is 36.0 Å². The molecular weight excluding hydrogens is 464 g/mol. The van der Waals surface area contributed by atoms with Crippen LogP contribution in [0.1, 0.15) is 23.6 Å². The Hall–Kier alpha value is -3.43. The average molecular weight is 487 g/mol. The molecule has 10 heteroatoms. The number of thiazole rings is 1. The molecule has 0 radical (unpaired) electrons. The number of carbonyl (C=O) groups excluding carboxylic acids is 3. The van der Waals surface area contributed by atoms with Gasteiger partial charge in [-0.15, -0.1) is 11.3 Å². The van der Waals surface area contributed by atoms with E-state index in [-0.39, 0.29) is 10.9 Å². The second-order valence-electron chi connectivity index (χ2n) is 7.39. The minimum Gasteiger partial charge on any atom is -0.467 e. The number of methoxy groups -OCH3 is 1. The van der Waals surface area contributed by atoms with Crippen LogP contribution in [0.3, 0.4) is 0 Å². The van der Waals surface area contributed by atoms with Crippen LogP contribution in [0.15, 0.2) is 53.9 Å². The molecule has 1 unspecified atom stereocenters. The number of ether oxygens (including phenoxy) is 1. The van der Waals surface area contributed by atoms with Crippen LogP contribution in [0.4, 0.5) is 16.2 Å². The minimum absolute atomic E-state index is 0.129. The molecule has 3 amide bonds. The van der Waals surface area contributed by atoms with Gasteiger partial charge in [-0.25, -0.2) is 14.6 Å². The molecule has 3 rings (SSSR count). The summed E-state index contributed by atoms with van der Waals surface area (Å²) in [6.07, 6.45) is 0. The van der Waals surface area contributed by atoms with Crippen LogP contribution in [0, 0.1) is 5.92 Å². The van der Waals surface area contributed by atoms with Crippen molar-refractivity contribution in [2.24, 2.45) is 5.92 Å². The molecule has 0 saturated carbocycles. The van der Waals surface area contributed by atoms with Gasteiger partial charge in [-0.2, -0.15) is 0 Å². The predicted octanol–water partition coefficient (Wildman–Crippen LogP) is 5.03. The number of hydrogen-bond donors (Lipinski definition) is 3. The number of hydrogen-bond acceptors (Lipinski definition) is 6. The van der Waals surface area contributed by atoms with Crippen LogP contribution in [0.2, 0.25) is 5.02 Å². The van der Waals surface area contributed by atoms with Crippen molar-refractivity contribution in [3.05, 3.63) is 63.9 Å². The van der Waals surface area contributed by atoms with Crippen LogP contribution in [0.25, 0.3) is 11.3 Å². The number of rotatable bonds is 7. The molecule has 0 aliphatic heterocycles. The van der Waals surface area contributed by atoms with E-state index in [9.17, 15) is 14.4 Å². The fraction of sp³-hybridized carbons (Fsp3) is 0.217. The maximum absolute atomic E-state index is 12.5. The lowest BCUT2D eigenvalue weighted by atomic mass is 10.0. The first kappa shape index (κ1) is 24.2. The number of halogens is 1. The highest BCUT2D eigenvalue weighted by Crippen LogP contribution is 2.24. The number of aromatic nitrogens is 1. The quantitative estimate of drug-likeness (QED) is 0.405. The molecular formula is C23H23ClN4O4S. The molecule has 0 saturated heterocycles. The van der Waals surface area contributed by atoms with Gasteiger partial charge >= 0.3 is 12.0 Å². The van der Waals surface area contributed by atoms with Gasteiger partial charge in [0, 0.05) is 16.6 Å². The lowest BCUT2D eigenvalue weighted by Gasteiger charge is -2.18. The number of carbonyl (C=O) groups is 3. The fourth-order valence-corrected chi connectivity index (χ4v) is 3.82. The number of amides is 3. The summed E-state index contributed by atoms with van der Waals surface area (Å²) in [5.41, 5.74) is 2.47. The van der Waals surface area contributed by atoms with E-state index in [0.717, 1.165) is 5.56 Å². The summed E-state index contributed by atoms with van der Waals surface area (Å²) in [6.45, 7) is 3.64. The molecule has 0 aliphatic carbocycles. The van der Waals surface area contributed by atoms with Crippen molar-refractivity contribution in [1.82, 2.24) is 10.3 Å². The first-order valence-corrected chi connectivity index (χ1v) is 11.3. The number of para-hydroxylation sites is 1. The van der Waals surface area contributed by atoms with E-state index in [2.05, 4.69) is 20.9 Å². The van der Waals surface area contributed by atoms with Crippen LogP contribution < -0.4 is 16.0 Å². The van der Waals surface area contributed by atoms with Crippen molar-refractivity contribution >= 4 is 52.2 Å². The molecule has 2 aromatic carbocycles. The summed E-state index contributed by atoms with van der Waals surface area (Å²) in [6, 6.07) is 12.8. The fourth-order valence-electron chi connectivity index (χ4n) is 2.91. The zero-order valence-electron chi connectivity index (χ0n) is 18.2. The summed E-state index contributed by atoms with van der Waals surface area (Å²) in [4.78, 5) is 41.0. The third-order valence-electron chi connectivity index (χ3n) is 4.67. The first-order valence-electron chi connectivity index (χ1n) is 10.1. The van der Waals surface area contributed by atoms with E-state index in [1.807, 2.05) is 13.8 Å². The number of nitrogens with one attached hydrogen (secondary N) is 3. The van der Waals surface area contributed by atoms with Gasteiger partial charge in [-0.3, -0.25) is 4.79 Å². The highest BCUT2D eigenvalue weighted by atomic mass is 35.5. The normalized spacial score (nSPS) is 11.5. The number of nitrogens with zero attached hydrogens (tertiary/aromatic N) is 1. The molecule has 172 valence electrons. The number of anilines is 2. The van der Waals surface area contributed by atoms with Crippen LogP contribution in [-0.2, 0) is 9.53 Å². The van der Waals surface area contributed by atoms with Crippen molar-refractivity contribution in [1.29, 1.82) is 0 Å². The molecule has 8 nitrogen and oxygen atoms in total. The van der Waals surface area contributed by atoms with Gasteiger partial charge in [0.1, 0.15) is 6.04 Å². The standard InChI is InChI=1S/C23H23ClN4O4S/c1-13(2)19(22(30)32-3)28-20(29)21-26-18(12-33-21)14-8-10-15(11-9-14)25-23(31)27-17-7-5-4-6-16(17)24/h4-13,19H,1-3H3,(H,28,29)(H2,25,27,31). The van der Waals surface area contributed by atoms with Crippen LogP contribution >= 0.6 is 22.9 Å². The summed E-state index contributed by atoms with van der Waals surface area (Å²) in [5.74, 6) is -1.07. The number of benzene rings is 2. The van der Waals surface area contributed by atoms with Crippen molar-refractivity contribution < 1.29 is 19.1 Å². The van der Waals surface area contributed by atoms with E-state index >= 15 is 0 Å². The van der Waals surface area contributed by atoms with E-state index in [4.69, 9.17) is 16.3 Å². The molecule has 1 heterocycles. The monoisotopic (exact) mass is 486 g/mol. The number of esters is 1. The molecule has 0 bridgehead atoms. The Morgan fingerprint density at radius 1 is 1.03 bits per heavy atom. The van der Waals surface area contributed by atoms with Gasteiger partial charge in [-0.05, 0) is 30.2 Å². The van der Waals surface area contributed by atoms with E-state index < -0.39 is 23.9 Å². The third kappa shape index (κ3) is 6.30. The van der Waals surface area contributed by atoms with E-state index in [0.29, 0.717) is 22.1 Å². The molecule has 3 N–H and O–H groups in total. The maximum Gasteiger partial charge on any atom is 0.328 e. The van der Waals surface area contributed by atoms with Gasteiger partial charge in [0.2, 0.25) is 0 Å². The highest BCUT2D eigenvalue weighted by Gasteiger charge is 2.26. The molecule has 0 spiro atoms. The Morgan fingerprint density at radius 2 is 1.73 bits per heavy atom. The number of urea groups is 1. The Kier molecular flexibility index (Phi) is 8.02. The van der Waals surface area contributed by atoms with Crippen molar-refractivity contribution in [2.75, 3.05) is 17.7 Å². The zero-order valence-corrected chi connectivity index (χ0v) is 19.8. The first-order chi connectivity index (χ1) is 15.8. The zero-order chi connectivity index (χ0) is 24.0. The summed E-state index contributed by atoms with van der Waals surface area (Å²) in [7, 11) is 1.28. The highest BCUT2D eigenvalue weighted by molar-refractivity contribution is 7.12. The average Bonchev–Trinajstić information content (AvgIpc) is 3.29. The maximum atomic E-state index is 12.5. The Labute approximate surface area is 200 Å². The predicted molar refractivity (Wildman–Crippen MR) is 130 cm³/mol. The Morgan fingerprint density at radius 3 is 2.36 bits per heavy atom. The van der Waals surface area contributed by atoms with Gasteiger partial charge in [0.05, 0.1) is 23.5 Å². The lowest BCUT2D eigenvalue weighted by Crippen LogP contribution is -2.45. The second-order valence-corrected chi connectivity index (χ2v) is 8.66. The molecule has 0 aliphatic rings. The van der Waals surface area contributed by atoms with Gasteiger partial charge < -0.3 is 20.7 Å². The minimum atomic E-state index is -0.753. The van der Waals surface area contributed by atoms with Crippen molar-refractivity contribution in [2.45, 2.75) is 19.9 Å². The largest absolute Gasteiger partial charge is 0.467 e. The van der Waals surface area contributed by atoms with Crippen molar-refractivity contribution in [3.8, 4) is 11.3 Å². The van der Waals surface area contributed by atoms with Gasteiger partial charge in [0.15, 0.2) is 5.01 Å². The SMILES string of the molecule is COC(=O)C(NC(=O)c1nc(-c2ccc(NC(=O)Nc3ccccc3Cl)cc2)cs1)C(C)C. The van der Waals surface area contributed by atoms with E-state index in [1.165, 1.54) is 18.4 Å². The van der Waals surface area contributed by atoms with Gasteiger partial charge in [-0.1, -0.05) is 49.7 Å². The molecule has 33 heavy (non-hydrogen) atoms. The second kappa shape index (κ2) is 10.9. The van der Waals surface area contributed by atoms with Crippen LogP contribution in [0.5, 0.6) is 0 Å². The topological polar surface area (TPSA) is 109 Å². The molecule has 1 aromatic heterocycles.